The Morgan fingerprint density at radius 2 is 1.81 bits per heavy atom. The molecule has 2 heterocycles. The highest BCUT2D eigenvalue weighted by atomic mass is 32.2. The van der Waals surface area contributed by atoms with E-state index in [-0.39, 0.29) is 22.6 Å². The van der Waals surface area contributed by atoms with Crippen LogP contribution in [0.1, 0.15) is 52.0 Å². The van der Waals surface area contributed by atoms with Gasteiger partial charge in [0.1, 0.15) is 5.75 Å². The number of ether oxygens (including phenoxy) is 1. The number of fused-ring (bicyclic) bond motifs is 1. The monoisotopic (exact) mass is 451 g/mol. The average Bonchev–Trinajstić information content (AvgIpc) is 2.74. The van der Waals surface area contributed by atoms with Crippen molar-refractivity contribution < 1.29 is 22.7 Å². The molecule has 0 aliphatic carbocycles. The van der Waals surface area contributed by atoms with Crippen molar-refractivity contribution in [3.8, 4) is 5.75 Å². The third kappa shape index (κ3) is 4.87. The van der Waals surface area contributed by atoms with E-state index in [1.54, 1.807) is 19.9 Å². The minimum Gasteiger partial charge on any atom is -0.479 e. The van der Waals surface area contributed by atoms with Crippen LogP contribution in [0.25, 0.3) is 0 Å². The fourth-order valence-electron chi connectivity index (χ4n) is 4.23. The Hall–Kier alpha value is -2.13. The van der Waals surface area contributed by atoms with Crippen LogP contribution in [0.5, 0.6) is 5.75 Å². The lowest BCUT2D eigenvalue weighted by Gasteiger charge is -2.34. The summed E-state index contributed by atoms with van der Waals surface area (Å²) in [4.78, 5) is 26.8. The van der Waals surface area contributed by atoms with Crippen molar-refractivity contribution in [2.75, 3.05) is 31.5 Å². The van der Waals surface area contributed by atoms with Crippen LogP contribution >= 0.6 is 0 Å². The van der Waals surface area contributed by atoms with Gasteiger partial charge in [-0.1, -0.05) is 13.8 Å². The lowest BCUT2D eigenvalue weighted by atomic mass is 9.96. The first-order valence-corrected chi connectivity index (χ1v) is 12.5. The van der Waals surface area contributed by atoms with Crippen LogP contribution in [0.2, 0.25) is 0 Å². The van der Waals surface area contributed by atoms with E-state index in [1.165, 1.54) is 10.4 Å². The molecule has 31 heavy (non-hydrogen) atoms. The predicted molar refractivity (Wildman–Crippen MR) is 119 cm³/mol. The highest BCUT2D eigenvalue weighted by Gasteiger charge is 2.35. The summed E-state index contributed by atoms with van der Waals surface area (Å²) in [6.07, 6.45) is 2.20. The zero-order valence-corrected chi connectivity index (χ0v) is 19.6. The number of carbonyl (C=O) groups is 2. The van der Waals surface area contributed by atoms with Crippen LogP contribution in [0.4, 0.5) is 5.69 Å². The SMILES string of the molecule is CCCN(CCC)C(=O)C1CCN(S(=O)(=O)c2cc3c(cc2C)NC(=O)[C@@H](C)O3)CC1. The van der Waals surface area contributed by atoms with Gasteiger partial charge in [-0.15, -0.1) is 0 Å². The smallest absolute Gasteiger partial charge is 0.265 e. The Morgan fingerprint density at radius 3 is 2.39 bits per heavy atom. The van der Waals surface area contributed by atoms with Gasteiger partial charge in [-0.3, -0.25) is 9.59 Å². The van der Waals surface area contributed by atoms with Crippen molar-refractivity contribution in [1.82, 2.24) is 9.21 Å². The molecule has 0 saturated carbocycles. The zero-order chi connectivity index (χ0) is 22.8. The minimum atomic E-state index is -3.73. The standard InChI is InChI=1S/C22H33N3O5S/c1-5-9-24(10-6-2)22(27)17-7-11-25(12-8-17)31(28,29)20-14-19-18(13-15(20)3)23-21(26)16(4)30-19/h13-14,16-17H,5-12H2,1-4H3,(H,23,26)/t16-/m1/s1. The van der Waals surface area contributed by atoms with Crippen molar-refractivity contribution in [2.45, 2.75) is 64.4 Å². The van der Waals surface area contributed by atoms with E-state index in [9.17, 15) is 18.0 Å². The van der Waals surface area contributed by atoms with Crippen molar-refractivity contribution in [2.24, 2.45) is 5.92 Å². The highest BCUT2D eigenvalue weighted by molar-refractivity contribution is 7.89. The third-order valence-electron chi connectivity index (χ3n) is 5.93. The molecular formula is C22H33N3O5S. The molecule has 0 spiro atoms. The van der Waals surface area contributed by atoms with Gasteiger partial charge < -0.3 is 15.0 Å². The van der Waals surface area contributed by atoms with Gasteiger partial charge in [-0.25, -0.2) is 8.42 Å². The van der Waals surface area contributed by atoms with Crippen LogP contribution in [0, 0.1) is 12.8 Å². The summed E-state index contributed by atoms with van der Waals surface area (Å²) >= 11 is 0. The first-order chi connectivity index (χ1) is 14.7. The van der Waals surface area contributed by atoms with Crippen LogP contribution in [-0.4, -0.2) is 61.7 Å². The largest absolute Gasteiger partial charge is 0.479 e. The number of hydrogen-bond donors (Lipinski definition) is 1. The zero-order valence-electron chi connectivity index (χ0n) is 18.8. The van der Waals surface area contributed by atoms with Gasteiger partial charge in [0.2, 0.25) is 15.9 Å². The summed E-state index contributed by atoms with van der Waals surface area (Å²) in [5, 5.41) is 2.74. The lowest BCUT2D eigenvalue weighted by Crippen LogP contribution is -2.45. The van der Waals surface area contributed by atoms with Crippen molar-refractivity contribution >= 4 is 27.5 Å². The second-order valence-electron chi connectivity index (χ2n) is 8.37. The molecule has 0 bridgehead atoms. The van der Waals surface area contributed by atoms with Crippen LogP contribution in [0.15, 0.2) is 17.0 Å². The summed E-state index contributed by atoms with van der Waals surface area (Å²) in [6.45, 7) is 9.56. The van der Waals surface area contributed by atoms with Gasteiger partial charge in [0.05, 0.1) is 10.6 Å². The molecule has 172 valence electrons. The molecule has 8 nitrogen and oxygen atoms in total. The predicted octanol–water partition coefficient (Wildman–Crippen LogP) is 2.76. The molecule has 2 amide bonds. The molecule has 1 atom stereocenters. The maximum absolute atomic E-state index is 13.3. The number of carbonyl (C=O) groups excluding carboxylic acids is 2. The molecule has 1 aromatic rings. The molecule has 0 radical (unpaired) electrons. The summed E-state index contributed by atoms with van der Waals surface area (Å²) in [5.74, 6) is 0.114. The van der Waals surface area contributed by atoms with Crippen LogP contribution in [-0.2, 0) is 19.6 Å². The van der Waals surface area contributed by atoms with E-state index in [2.05, 4.69) is 19.2 Å². The van der Waals surface area contributed by atoms with E-state index in [0.29, 0.717) is 42.9 Å². The first-order valence-electron chi connectivity index (χ1n) is 11.1. The Labute approximate surface area is 185 Å². The number of rotatable bonds is 7. The number of nitrogens with one attached hydrogen (secondary N) is 1. The molecule has 9 heteroatoms. The fourth-order valence-corrected chi connectivity index (χ4v) is 5.92. The number of nitrogens with zero attached hydrogens (tertiary/aromatic N) is 2. The molecule has 3 rings (SSSR count). The number of sulfonamides is 1. The summed E-state index contributed by atoms with van der Waals surface area (Å²) in [6, 6.07) is 3.13. The molecule has 1 aromatic carbocycles. The normalized spacial score (nSPS) is 20.0. The Morgan fingerprint density at radius 1 is 1.19 bits per heavy atom. The molecular weight excluding hydrogens is 418 g/mol. The van der Waals surface area contributed by atoms with Crippen LogP contribution in [0.3, 0.4) is 0 Å². The van der Waals surface area contributed by atoms with Gasteiger partial charge >= 0.3 is 0 Å². The molecule has 0 aromatic heterocycles. The molecule has 1 fully saturated rings. The molecule has 0 unspecified atom stereocenters. The quantitative estimate of drug-likeness (QED) is 0.688. The van der Waals surface area contributed by atoms with Gasteiger partial charge in [-0.2, -0.15) is 4.31 Å². The molecule has 2 aliphatic rings. The Kier molecular flexibility index (Phi) is 7.26. The van der Waals surface area contributed by atoms with E-state index in [1.807, 2.05) is 4.90 Å². The Balaban J connectivity index is 1.74. The number of piperidine rings is 1. The summed E-state index contributed by atoms with van der Waals surface area (Å²) < 4.78 is 33.7. The molecule has 1 N–H and O–H groups in total. The van der Waals surface area contributed by atoms with Crippen molar-refractivity contribution in [3.05, 3.63) is 17.7 Å². The maximum Gasteiger partial charge on any atom is 0.265 e. The first kappa shape index (κ1) is 23.5. The second kappa shape index (κ2) is 9.56. The number of amides is 2. The highest BCUT2D eigenvalue weighted by Crippen LogP contribution is 2.36. The average molecular weight is 452 g/mol. The van der Waals surface area contributed by atoms with E-state index >= 15 is 0 Å². The second-order valence-corrected chi connectivity index (χ2v) is 10.3. The summed E-state index contributed by atoms with van der Waals surface area (Å²) in [7, 11) is -3.73. The van der Waals surface area contributed by atoms with Crippen molar-refractivity contribution in [3.63, 3.8) is 0 Å². The van der Waals surface area contributed by atoms with Crippen molar-refractivity contribution in [1.29, 1.82) is 0 Å². The van der Waals surface area contributed by atoms with Gasteiger partial charge in [0.25, 0.3) is 5.91 Å². The molecule has 2 aliphatic heterocycles. The Bertz CT molecular complexity index is 933. The van der Waals surface area contributed by atoms with Gasteiger partial charge in [-0.05, 0) is 51.2 Å². The topological polar surface area (TPSA) is 96.0 Å². The third-order valence-corrected chi connectivity index (χ3v) is 7.97. The minimum absolute atomic E-state index is 0.131. The van der Waals surface area contributed by atoms with E-state index in [0.717, 1.165) is 25.9 Å². The number of hydrogen-bond acceptors (Lipinski definition) is 5. The number of aryl methyl sites for hydroxylation is 1. The maximum atomic E-state index is 13.3. The van der Waals surface area contributed by atoms with E-state index < -0.39 is 16.1 Å². The van der Waals surface area contributed by atoms with Gasteiger partial charge in [0, 0.05) is 38.2 Å². The number of anilines is 1. The molecule has 1 saturated heterocycles. The van der Waals surface area contributed by atoms with Crippen LogP contribution < -0.4 is 10.1 Å². The van der Waals surface area contributed by atoms with Gasteiger partial charge in [0.15, 0.2) is 6.10 Å². The summed E-state index contributed by atoms with van der Waals surface area (Å²) in [5.41, 5.74) is 1.03. The number of benzene rings is 1. The van der Waals surface area contributed by atoms with E-state index in [4.69, 9.17) is 4.74 Å². The fraction of sp³-hybridized carbons (Fsp3) is 0.636. The lowest BCUT2D eigenvalue weighted by molar-refractivity contribution is -0.136.